The van der Waals surface area contributed by atoms with Crippen LogP contribution in [0.3, 0.4) is 0 Å². The molecule has 0 bridgehead atoms. The number of halogens is 3. The molecular weight excluding hydrogens is 490 g/mol. The maximum absolute atomic E-state index is 12.4. The number of rotatable bonds is 0. The van der Waals surface area contributed by atoms with Crippen molar-refractivity contribution in [3.05, 3.63) is 25.2 Å². The molecule has 1 fully saturated rings. The third kappa shape index (κ3) is 4.51. The zero-order valence-electron chi connectivity index (χ0n) is 15.2. The first-order chi connectivity index (χ1) is 12.2. The van der Waals surface area contributed by atoms with Crippen LogP contribution < -0.4 is 4.74 Å². The average molecular weight is 513 g/mol. The number of amides is 1. The Morgan fingerprint density at radius 2 is 2.08 bits per heavy atom. The van der Waals surface area contributed by atoms with Gasteiger partial charge in [-0.05, 0) is 55.8 Å². The minimum atomic E-state index is -0.484. The van der Waals surface area contributed by atoms with Gasteiger partial charge in [-0.25, -0.2) is 4.79 Å². The van der Waals surface area contributed by atoms with E-state index in [1.807, 2.05) is 26.8 Å². The molecule has 2 aliphatic heterocycles. The van der Waals surface area contributed by atoms with Gasteiger partial charge >= 0.3 is 6.09 Å². The van der Waals surface area contributed by atoms with Crippen molar-refractivity contribution < 1.29 is 14.3 Å². The van der Waals surface area contributed by atoms with Crippen LogP contribution in [0.15, 0.2) is 6.07 Å². The number of hydrogen-bond acceptors (Lipinski definition) is 4. The molecule has 2 aliphatic rings. The Bertz CT molecular complexity index is 709. The van der Waals surface area contributed by atoms with Gasteiger partial charge in [-0.3, -0.25) is 4.90 Å². The van der Waals surface area contributed by atoms with E-state index in [9.17, 15) is 4.79 Å². The molecule has 5 nitrogen and oxygen atoms in total. The van der Waals surface area contributed by atoms with Crippen molar-refractivity contribution in [2.24, 2.45) is 0 Å². The molecule has 0 spiro atoms. The van der Waals surface area contributed by atoms with Crippen LogP contribution in [0, 0.1) is 3.57 Å². The molecule has 26 heavy (non-hydrogen) atoms. The molecule has 144 valence electrons. The van der Waals surface area contributed by atoms with Crippen LogP contribution in [0.2, 0.25) is 10.0 Å². The quantitative estimate of drug-likeness (QED) is 0.370. The Morgan fingerprint density at radius 3 is 2.77 bits per heavy atom. The zero-order chi connectivity index (χ0) is 19.1. The average Bonchev–Trinajstić information content (AvgIpc) is 2.53. The first-order valence-electron chi connectivity index (χ1n) is 8.67. The first-order valence-corrected chi connectivity index (χ1v) is 10.5. The first kappa shape index (κ1) is 20.3. The van der Waals surface area contributed by atoms with Gasteiger partial charge in [0, 0.05) is 37.8 Å². The van der Waals surface area contributed by atoms with Gasteiger partial charge < -0.3 is 14.4 Å². The highest BCUT2D eigenvalue weighted by Gasteiger charge is 2.33. The van der Waals surface area contributed by atoms with E-state index in [4.69, 9.17) is 32.7 Å². The molecule has 0 radical (unpaired) electrons. The van der Waals surface area contributed by atoms with E-state index in [0.717, 1.165) is 27.8 Å². The van der Waals surface area contributed by atoms with E-state index in [1.54, 1.807) is 4.90 Å². The summed E-state index contributed by atoms with van der Waals surface area (Å²) in [4.78, 5) is 16.6. The lowest BCUT2D eigenvalue weighted by Crippen LogP contribution is -2.55. The molecule has 3 rings (SSSR count). The van der Waals surface area contributed by atoms with Crippen molar-refractivity contribution in [1.29, 1.82) is 0 Å². The van der Waals surface area contributed by atoms with Gasteiger partial charge in [-0.1, -0.05) is 23.2 Å². The number of fused-ring (bicyclic) bond motifs is 2. The number of ether oxygens (including phenoxy) is 2. The molecule has 2 heterocycles. The van der Waals surface area contributed by atoms with Crippen LogP contribution in [0.5, 0.6) is 5.75 Å². The summed E-state index contributed by atoms with van der Waals surface area (Å²) in [5.74, 6) is 0.730. The predicted molar refractivity (Wildman–Crippen MR) is 111 cm³/mol. The molecule has 8 heteroatoms. The maximum atomic E-state index is 12.4. The van der Waals surface area contributed by atoms with Crippen molar-refractivity contribution in [3.8, 4) is 5.75 Å². The predicted octanol–water partition coefficient (Wildman–Crippen LogP) is 4.80. The molecule has 1 amide bonds. The Hall–Kier alpha value is -0.440. The highest BCUT2D eigenvalue weighted by molar-refractivity contribution is 14.1. The van der Waals surface area contributed by atoms with Crippen molar-refractivity contribution in [2.45, 2.75) is 45.4 Å². The number of nitrogens with zero attached hydrogens (tertiary/aromatic N) is 2. The number of carbonyl (C=O) groups excluding carboxylic acids is 1. The number of carbonyl (C=O) groups is 1. The number of piperazine rings is 1. The summed E-state index contributed by atoms with van der Waals surface area (Å²) in [5.41, 5.74) is 0.512. The lowest BCUT2D eigenvalue weighted by molar-refractivity contribution is -0.00193. The van der Waals surface area contributed by atoms with Crippen LogP contribution in [-0.4, -0.2) is 53.8 Å². The van der Waals surface area contributed by atoms with Crippen molar-refractivity contribution in [2.75, 3.05) is 26.2 Å². The van der Waals surface area contributed by atoms with Crippen LogP contribution >= 0.6 is 45.8 Å². The van der Waals surface area contributed by atoms with E-state index in [2.05, 4.69) is 27.5 Å². The standard InChI is InChI=1S/C18H23Cl2IN2O3/c1-18(2,3)26-17(24)23-6-5-22-9-11-8-13(19)15(21)14(20)16(11)25-7-4-12(22)10-23/h8,12H,4-7,9-10H2,1-3H3. The Balaban J connectivity index is 1.75. The van der Waals surface area contributed by atoms with Crippen molar-refractivity contribution in [3.63, 3.8) is 0 Å². The van der Waals surface area contributed by atoms with Gasteiger partial charge in [0.2, 0.25) is 0 Å². The SMILES string of the molecule is CC(C)(C)OC(=O)N1CCN2Cc3cc(Cl)c(I)c(Cl)c3OCCC2C1. The Morgan fingerprint density at radius 1 is 1.35 bits per heavy atom. The smallest absolute Gasteiger partial charge is 0.410 e. The summed E-state index contributed by atoms with van der Waals surface area (Å²) in [6.45, 7) is 8.98. The second kappa shape index (κ2) is 7.89. The van der Waals surface area contributed by atoms with E-state index < -0.39 is 5.60 Å². The fraction of sp³-hybridized carbons (Fsp3) is 0.611. The van der Waals surface area contributed by atoms with Crippen LogP contribution in [-0.2, 0) is 11.3 Å². The molecule has 0 N–H and O–H groups in total. The lowest BCUT2D eigenvalue weighted by Gasteiger charge is -2.42. The van der Waals surface area contributed by atoms with E-state index >= 15 is 0 Å². The molecular formula is C18H23Cl2IN2O3. The maximum Gasteiger partial charge on any atom is 0.410 e. The van der Waals surface area contributed by atoms with E-state index in [1.165, 1.54) is 0 Å². The third-order valence-corrected chi connectivity index (χ3v) is 6.94. The van der Waals surface area contributed by atoms with Gasteiger partial charge in [0.1, 0.15) is 11.4 Å². The molecule has 1 unspecified atom stereocenters. The fourth-order valence-corrected chi connectivity index (χ4v) is 4.24. The largest absolute Gasteiger partial charge is 0.492 e. The second-order valence-electron chi connectivity index (χ2n) is 7.66. The summed E-state index contributed by atoms with van der Waals surface area (Å²) in [7, 11) is 0. The molecule has 1 atom stereocenters. The molecule has 0 aliphatic carbocycles. The number of hydrogen-bond donors (Lipinski definition) is 0. The van der Waals surface area contributed by atoms with Crippen LogP contribution in [0.4, 0.5) is 4.79 Å². The molecule has 1 saturated heterocycles. The zero-order valence-corrected chi connectivity index (χ0v) is 18.8. The molecule has 0 aromatic heterocycles. The van der Waals surface area contributed by atoms with Crippen molar-refractivity contribution >= 4 is 51.9 Å². The highest BCUT2D eigenvalue weighted by atomic mass is 127. The normalized spacial score (nSPS) is 21.2. The number of benzene rings is 1. The van der Waals surface area contributed by atoms with Gasteiger partial charge in [0.25, 0.3) is 0 Å². The Kier molecular flexibility index (Phi) is 6.16. The minimum absolute atomic E-state index is 0.223. The monoisotopic (exact) mass is 512 g/mol. The second-order valence-corrected chi connectivity index (χ2v) is 9.53. The topological polar surface area (TPSA) is 42.0 Å². The van der Waals surface area contributed by atoms with Gasteiger partial charge in [0.15, 0.2) is 0 Å². The van der Waals surface area contributed by atoms with Gasteiger partial charge in [-0.15, -0.1) is 0 Å². The molecule has 1 aromatic carbocycles. The summed E-state index contributed by atoms with van der Waals surface area (Å²) in [5, 5.41) is 1.22. The van der Waals surface area contributed by atoms with Crippen LogP contribution in [0.1, 0.15) is 32.8 Å². The molecule has 0 saturated carbocycles. The Labute approximate surface area is 178 Å². The summed E-state index contributed by atoms with van der Waals surface area (Å²) < 4.78 is 12.3. The summed E-state index contributed by atoms with van der Waals surface area (Å²) in [6.07, 6.45) is 0.579. The third-order valence-electron chi connectivity index (χ3n) is 4.52. The van der Waals surface area contributed by atoms with Gasteiger partial charge in [-0.2, -0.15) is 0 Å². The summed E-state index contributed by atoms with van der Waals surface area (Å²) in [6, 6.07) is 2.16. The fourth-order valence-electron chi connectivity index (χ4n) is 3.28. The highest BCUT2D eigenvalue weighted by Crippen LogP contribution is 2.39. The molecule has 1 aromatic rings. The van der Waals surface area contributed by atoms with E-state index in [-0.39, 0.29) is 12.1 Å². The van der Waals surface area contributed by atoms with Crippen molar-refractivity contribution in [1.82, 2.24) is 9.80 Å². The lowest BCUT2D eigenvalue weighted by atomic mass is 10.1. The van der Waals surface area contributed by atoms with Gasteiger partial charge in [0.05, 0.1) is 20.2 Å². The summed E-state index contributed by atoms with van der Waals surface area (Å²) >= 11 is 14.9. The minimum Gasteiger partial charge on any atom is -0.492 e. The van der Waals surface area contributed by atoms with Crippen LogP contribution in [0.25, 0.3) is 0 Å². The van der Waals surface area contributed by atoms with E-state index in [0.29, 0.717) is 36.3 Å².